The van der Waals surface area contributed by atoms with Crippen molar-refractivity contribution in [3.05, 3.63) is 69.4 Å². The Hall–Kier alpha value is -3.83. The van der Waals surface area contributed by atoms with Crippen molar-refractivity contribution in [1.29, 1.82) is 0 Å². The Morgan fingerprint density at radius 3 is 2.59 bits per heavy atom. The van der Waals surface area contributed by atoms with Crippen molar-refractivity contribution in [1.82, 2.24) is 19.8 Å². The van der Waals surface area contributed by atoms with Crippen LogP contribution in [0.2, 0.25) is 0 Å². The highest BCUT2D eigenvalue weighted by Crippen LogP contribution is 2.26. The first-order valence-electron chi connectivity index (χ1n) is 11.8. The van der Waals surface area contributed by atoms with E-state index in [0.717, 1.165) is 10.1 Å². The summed E-state index contributed by atoms with van der Waals surface area (Å²) >= 11 is 0. The predicted molar refractivity (Wildman–Crippen MR) is 135 cm³/mol. The first-order chi connectivity index (χ1) is 17.8. The highest BCUT2D eigenvalue weighted by Gasteiger charge is 2.25. The zero-order valence-corrected chi connectivity index (χ0v) is 21.1. The monoisotopic (exact) mass is 514 g/mol. The highest BCUT2D eigenvalue weighted by molar-refractivity contribution is 6.01. The number of carbonyl (C=O) groups excluding carboxylic acids is 2. The van der Waals surface area contributed by atoms with E-state index < -0.39 is 28.7 Å². The molecule has 0 aliphatic heterocycles. The summed E-state index contributed by atoms with van der Waals surface area (Å²) in [7, 11) is 3.09. The molecule has 2 heterocycles. The third-order valence-electron chi connectivity index (χ3n) is 5.77. The van der Waals surface area contributed by atoms with Gasteiger partial charge in [0.1, 0.15) is 23.4 Å². The van der Waals surface area contributed by atoms with Gasteiger partial charge in [0.15, 0.2) is 5.75 Å². The van der Waals surface area contributed by atoms with Gasteiger partial charge in [0.25, 0.3) is 11.5 Å². The normalized spacial score (nSPS) is 11.0. The van der Waals surface area contributed by atoms with Gasteiger partial charge in [-0.05, 0) is 42.7 Å². The maximum absolute atomic E-state index is 13.5. The van der Waals surface area contributed by atoms with E-state index >= 15 is 0 Å². The molecule has 3 aromatic rings. The Bertz CT molecular complexity index is 1310. The van der Waals surface area contributed by atoms with Gasteiger partial charge in [0.05, 0.1) is 18.7 Å². The van der Waals surface area contributed by atoms with Crippen molar-refractivity contribution >= 4 is 22.8 Å². The molecule has 10 nitrogen and oxygen atoms in total. The van der Waals surface area contributed by atoms with Crippen LogP contribution in [0.5, 0.6) is 5.75 Å². The number of benzene rings is 1. The minimum atomic E-state index is -0.826. The van der Waals surface area contributed by atoms with Gasteiger partial charge in [-0.3, -0.25) is 23.9 Å². The third-order valence-corrected chi connectivity index (χ3v) is 5.77. The van der Waals surface area contributed by atoms with Crippen molar-refractivity contribution in [3.63, 3.8) is 0 Å². The number of nitrogens with zero attached hydrogens (tertiary/aromatic N) is 3. The number of ether oxygens (including phenoxy) is 2. The second kappa shape index (κ2) is 12.9. The van der Waals surface area contributed by atoms with Crippen LogP contribution in [0.3, 0.4) is 0 Å². The van der Waals surface area contributed by atoms with Crippen molar-refractivity contribution in [2.45, 2.75) is 19.9 Å². The summed E-state index contributed by atoms with van der Waals surface area (Å²) in [6, 6.07) is 7.58. The zero-order chi connectivity index (χ0) is 26.9. The van der Waals surface area contributed by atoms with Crippen LogP contribution in [0.4, 0.5) is 4.39 Å². The molecule has 1 aromatic carbocycles. The Morgan fingerprint density at radius 1 is 1.19 bits per heavy atom. The van der Waals surface area contributed by atoms with Gasteiger partial charge >= 0.3 is 0 Å². The van der Waals surface area contributed by atoms with E-state index in [4.69, 9.17) is 9.47 Å². The van der Waals surface area contributed by atoms with Crippen LogP contribution in [0.1, 0.15) is 28.4 Å². The third kappa shape index (κ3) is 6.89. The molecule has 0 spiro atoms. The van der Waals surface area contributed by atoms with E-state index in [-0.39, 0.29) is 36.5 Å². The first kappa shape index (κ1) is 27.8. The van der Waals surface area contributed by atoms with Gasteiger partial charge in [0, 0.05) is 40.1 Å². The molecule has 0 fully saturated rings. The summed E-state index contributed by atoms with van der Waals surface area (Å²) < 4.78 is 24.7. The predicted octanol–water partition coefficient (Wildman–Crippen LogP) is 1.70. The van der Waals surface area contributed by atoms with E-state index in [1.54, 1.807) is 25.2 Å². The van der Waals surface area contributed by atoms with Gasteiger partial charge in [0.2, 0.25) is 5.91 Å². The smallest absolute Gasteiger partial charge is 0.268 e. The van der Waals surface area contributed by atoms with E-state index in [2.05, 4.69) is 10.3 Å². The number of carbonyl (C=O) groups is 2. The van der Waals surface area contributed by atoms with E-state index in [0.29, 0.717) is 31.7 Å². The summed E-state index contributed by atoms with van der Waals surface area (Å²) in [6.45, 7) is 2.88. The minimum absolute atomic E-state index is 0.00441. The fraction of sp³-hybridized carbons (Fsp3) is 0.385. The number of aromatic hydroxyl groups is 1. The molecule has 0 bridgehead atoms. The topological polar surface area (TPSA) is 123 Å². The standard InChI is InChI=1S/C26H31FN4O6/c1-4-37-11-9-28-25(34)22-24(33)23-20(31(26(22)35)16-21(32)30(2)10-12-36-3)14-18(15-29-23)13-17-5-7-19(27)8-6-17/h5-8,14-15,33H,4,9-13,16H2,1-3H3,(H,28,34). The molecular weight excluding hydrogens is 483 g/mol. The van der Waals surface area contributed by atoms with Crippen LogP contribution in [-0.4, -0.2) is 78.4 Å². The van der Waals surface area contributed by atoms with Crippen LogP contribution in [0.25, 0.3) is 11.0 Å². The molecule has 3 rings (SSSR count). The van der Waals surface area contributed by atoms with Crippen LogP contribution in [-0.2, 0) is 27.2 Å². The summed E-state index contributed by atoms with van der Waals surface area (Å²) in [5, 5.41) is 13.4. The molecule has 198 valence electrons. The van der Waals surface area contributed by atoms with Crippen LogP contribution in [0.15, 0.2) is 41.3 Å². The lowest BCUT2D eigenvalue weighted by Gasteiger charge is -2.19. The molecule has 37 heavy (non-hydrogen) atoms. The van der Waals surface area contributed by atoms with Gasteiger partial charge in [-0.15, -0.1) is 0 Å². The Morgan fingerprint density at radius 2 is 1.92 bits per heavy atom. The molecule has 0 radical (unpaired) electrons. The molecule has 2 N–H and O–H groups in total. The van der Waals surface area contributed by atoms with Gasteiger partial charge in [-0.25, -0.2) is 4.39 Å². The maximum Gasteiger partial charge on any atom is 0.268 e. The summed E-state index contributed by atoms with van der Waals surface area (Å²) in [5.74, 6) is -2.12. The molecular formula is C26H31FN4O6. The number of amides is 2. The highest BCUT2D eigenvalue weighted by atomic mass is 19.1. The quantitative estimate of drug-likeness (QED) is 0.353. The Labute approximate surface area is 213 Å². The second-order valence-electron chi connectivity index (χ2n) is 8.39. The van der Waals surface area contributed by atoms with Crippen molar-refractivity contribution in [2.75, 3.05) is 47.1 Å². The molecule has 11 heteroatoms. The number of aromatic nitrogens is 2. The lowest BCUT2D eigenvalue weighted by atomic mass is 10.1. The van der Waals surface area contributed by atoms with Gasteiger partial charge in [-0.2, -0.15) is 0 Å². The van der Waals surface area contributed by atoms with Crippen molar-refractivity contribution in [2.24, 2.45) is 0 Å². The van der Waals surface area contributed by atoms with Crippen LogP contribution < -0.4 is 10.9 Å². The fourth-order valence-corrected chi connectivity index (χ4v) is 3.72. The Balaban J connectivity index is 2.06. The lowest BCUT2D eigenvalue weighted by molar-refractivity contribution is -0.131. The molecule has 2 aromatic heterocycles. The number of halogens is 1. The molecule has 0 aliphatic rings. The number of pyridine rings is 2. The molecule has 0 atom stereocenters. The Kier molecular flexibility index (Phi) is 9.70. The number of fused-ring (bicyclic) bond motifs is 1. The molecule has 2 amide bonds. The average Bonchev–Trinajstić information content (AvgIpc) is 2.88. The maximum atomic E-state index is 13.5. The second-order valence-corrected chi connectivity index (χ2v) is 8.39. The molecule has 0 unspecified atom stereocenters. The zero-order valence-electron chi connectivity index (χ0n) is 21.1. The number of likely N-dealkylation sites (N-methyl/N-ethyl adjacent to an activating group) is 1. The van der Waals surface area contributed by atoms with Gasteiger partial charge < -0.3 is 24.8 Å². The van der Waals surface area contributed by atoms with Crippen molar-refractivity contribution < 1.29 is 28.6 Å². The van der Waals surface area contributed by atoms with Crippen molar-refractivity contribution in [3.8, 4) is 5.75 Å². The molecule has 0 saturated carbocycles. The number of methoxy groups -OCH3 is 1. The SMILES string of the molecule is CCOCCNC(=O)c1c(O)c2ncc(Cc3ccc(F)cc3)cc2n(CC(=O)N(C)CCOC)c1=O. The molecule has 0 aliphatic carbocycles. The van der Waals surface area contributed by atoms with Crippen LogP contribution >= 0.6 is 0 Å². The van der Waals surface area contributed by atoms with Crippen LogP contribution in [0, 0.1) is 5.82 Å². The first-order valence-corrected chi connectivity index (χ1v) is 11.8. The summed E-state index contributed by atoms with van der Waals surface area (Å²) in [5.41, 5.74) is 0.344. The van der Waals surface area contributed by atoms with E-state index in [1.807, 2.05) is 6.92 Å². The summed E-state index contributed by atoms with van der Waals surface area (Å²) in [4.78, 5) is 44.9. The number of rotatable bonds is 12. The lowest BCUT2D eigenvalue weighted by Crippen LogP contribution is -2.39. The number of hydrogen-bond acceptors (Lipinski definition) is 7. The van der Waals surface area contributed by atoms with E-state index in [1.165, 1.54) is 30.3 Å². The summed E-state index contributed by atoms with van der Waals surface area (Å²) in [6.07, 6.45) is 1.88. The fourth-order valence-electron chi connectivity index (χ4n) is 3.72. The largest absolute Gasteiger partial charge is 0.505 e. The number of nitrogens with one attached hydrogen (secondary N) is 1. The van der Waals surface area contributed by atoms with Gasteiger partial charge in [-0.1, -0.05) is 12.1 Å². The van der Waals surface area contributed by atoms with E-state index in [9.17, 15) is 23.9 Å². The number of hydrogen-bond donors (Lipinski definition) is 2. The molecule has 0 saturated heterocycles. The minimum Gasteiger partial charge on any atom is -0.505 e. The average molecular weight is 515 g/mol.